The summed E-state index contributed by atoms with van der Waals surface area (Å²) in [6.07, 6.45) is -0.588. The Morgan fingerprint density at radius 3 is 2.48 bits per heavy atom. The van der Waals surface area contributed by atoms with Gasteiger partial charge in [-0.3, -0.25) is 19.4 Å². The summed E-state index contributed by atoms with van der Waals surface area (Å²) in [5.74, 6) is -3.02. The van der Waals surface area contributed by atoms with Crippen molar-refractivity contribution < 1.29 is 24.6 Å². The summed E-state index contributed by atoms with van der Waals surface area (Å²) in [4.78, 5) is 58.0. The molecule has 1 aromatic carbocycles. The first kappa shape index (κ1) is 23.3. The van der Waals surface area contributed by atoms with Crippen LogP contribution in [0.15, 0.2) is 35.1 Å². The van der Waals surface area contributed by atoms with Crippen LogP contribution >= 0.6 is 0 Å². The molecule has 2 heterocycles. The van der Waals surface area contributed by atoms with Gasteiger partial charge in [0.15, 0.2) is 0 Å². The number of carboxylic acids is 2. The Balaban J connectivity index is 1.71. The Labute approximate surface area is 187 Å². The Morgan fingerprint density at radius 2 is 1.88 bits per heavy atom. The highest BCUT2D eigenvalue weighted by Gasteiger charge is 2.21. The average Bonchev–Trinajstić information content (AvgIpc) is 3.17. The predicted octanol–water partition coefficient (Wildman–Crippen LogP) is 0.908. The van der Waals surface area contributed by atoms with Crippen molar-refractivity contribution in [3.63, 3.8) is 0 Å². The molecule has 0 saturated carbocycles. The van der Waals surface area contributed by atoms with Crippen LogP contribution in [0.2, 0.25) is 0 Å². The van der Waals surface area contributed by atoms with Crippen molar-refractivity contribution in [2.75, 3.05) is 17.2 Å². The molecule has 12 heteroatoms. The fraction of sp³-hybridized carbons (Fsp3) is 0.286. The number of rotatable bonds is 10. The topological polar surface area (TPSA) is 194 Å². The molecule has 0 aliphatic rings. The summed E-state index contributed by atoms with van der Waals surface area (Å²) in [7, 11) is 0. The highest BCUT2D eigenvalue weighted by molar-refractivity contribution is 5.97. The molecule has 0 unspecified atom stereocenters. The second-order valence-electron chi connectivity index (χ2n) is 7.36. The molecule has 0 saturated heterocycles. The van der Waals surface area contributed by atoms with E-state index in [1.807, 2.05) is 11.8 Å². The predicted molar refractivity (Wildman–Crippen MR) is 120 cm³/mol. The number of nitrogens with two attached hydrogens (primary N) is 1. The summed E-state index contributed by atoms with van der Waals surface area (Å²) in [5.41, 5.74) is 7.82. The zero-order chi connectivity index (χ0) is 24.1. The van der Waals surface area contributed by atoms with Gasteiger partial charge in [0.2, 0.25) is 5.95 Å². The molecule has 3 rings (SSSR count). The number of amides is 1. The number of carbonyl (C=O) groups is 3. The van der Waals surface area contributed by atoms with Crippen molar-refractivity contribution in [2.45, 2.75) is 32.4 Å². The molecule has 0 radical (unpaired) electrons. The van der Waals surface area contributed by atoms with E-state index >= 15 is 0 Å². The first-order chi connectivity index (χ1) is 15.7. The lowest BCUT2D eigenvalue weighted by Gasteiger charge is -2.23. The van der Waals surface area contributed by atoms with Crippen LogP contribution in [-0.4, -0.2) is 55.6 Å². The number of carboxylic acid groups (broad SMARTS) is 2. The third-order valence-corrected chi connectivity index (χ3v) is 5.05. The van der Waals surface area contributed by atoms with Crippen LogP contribution in [0.5, 0.6) is 0 Å². The van der Waals surface area contributed by atoms with E-state index in [1.54, 1.807) is 30.3 Å². The quantitative estimate of drug-likeness (QED) is 0.257. The third kappa shape index (κ3) is 5.67. The Kier molecular flexibility index (Phi) is 6.96. The van der Waals surface area contributed by atoms with Crippen molar-refractivity contribution in [1.29, 1.82) is 0 Å². The second kappa shape index (κ2) is 9.85. The minimum absolute atomic E-state index is 0.0346. The van der Waals surface area contributed by atoms with E-state index in [9.17, 15) is 24.3 Å². The van der Waals surface area contributed by atoms with E-state index < -0.39 is 23.9 Å². The Morgan fingerprint density at radius 1 is 1.18 bits per heavy atom. The zero-order valence-electron chi connectivity index (χ0n) is 17.8. The van der Waals surface area contributed by atoms with E-state index in [4.69, 9.17) is 10.8 Å². The lowest BCUT2D eigenvalue weighted by atomic mass is 10.1. The van der Waals surface area contributed by atoms with Gasteiger partial charge in [0, 0.05) is 29.9 Å². The maximum Gasteiger partial charge on any atom is 0.326 e. The maximum atomic E-state index is 12.4. The standard InChI is InChI=1S/C21H24N6O6/c1-2-27(10-12-9-15-17(23-12)19(31)26-21(22)25-15)13-5-3-11(4-6-13)18(30)24-14(20(32)33)7-8-16(28)29/h3-6,9,14,23H,2,7-8,10H2,1H3,(H,24,30)(H,28,29)(H,32,33)(H3,22,25,26,31)/t14-/m0/s1. The van der Waals surface area contributed by atoms with Crippen LogP contribution in [0, 0.1) is 0 Å². The summed E-state index contributed by atoms with van der Waals surface area (Å²) < 4.78 is 0. The number of H-pyrrole nitrogens is 2. The molecule has 7 N–H and O–H groups in total. The van der Waals surface area contributed by atoms with Gasteiger partial charge in [0.25, 0.3) is 11.5 Å². The number of anilines is 2. The number of nitrogen functional groups attached to an aromatic ring is 1. The Bertz CT molecular complexity index is 1230. The van der Waals surface area contributed by atoms with E-state index in [0.717, 1.165) is 11.4 Å². The van der Waals surface area contributed by atoms with E-state index in [1.165, 1.54) is 0 Å². The van der Waals surface area contributed by atoms with Gasteiger partial charge in [-0.05, 0) is 43.7 Å². The first-order valence-electron chi connectivity index (χ1n) is 10.2. The minimum atomic E-state index is -1.30. The smallest absolute Gasteiger partial charge is 0.326 e. The fourth-order valence-corrected chi connectivity index (χ4v) is 3.36. The van der Waals surface area contributed by atoms with Crippen molar-refractivity contribution in [2.24, 2.45) is 0 Å². The molecular weight excluding hydrogens is 432 g/mol. The molecule has 1 amide bonds. The number of fused-ring (bicyclic) bond motifs is 1. The van der Waals surface area contributed by atoms with Gasteiger partial charge >= 0.3 is 11.9 Å². The molecular formula is C21H24N6O6. The van der Waals surface area contributed by atoms with Gasteiger partial charge in [-0.25, -0.2) is 9.78 Å². The van der Waals surface area contributed by atoms with E-state index in [-0.39, 0.29) is 29.9 Å². The molecule has 1 atom stereocenters. The molecule has 174 valence electrons. The molecule has 0 spiro atoms. The van der Waals surface area contributed by atoms with Crippen molar-refractivity contribution >= 4 is 40.5 Å². The van der Waals surface area contributed by atoms with Crippen LogP contribution in [0.4, 0.5) is 11.6 Å². The zero-order valence-corrected chi connectivity index (χ0v) is 17.8. The Hall–Kier alpha value is -4.35. The SMILES string of the molecule is CCN(Cc1cc2nc(N)[nH]c(=O)c2[nH]1)c1ccc(C(=O)N[C@@H](CCC(=O)O)C(=O)O)cc1. The van der Waals surface area contributed by atoms with Crippen LogP contribution in [0.3, 0.4) is 0 Å². The van der Waals surface area contributed by atoms with Crippen LogP contribution in [0.25, 0.3) is 11.0 Å². The largest absolute Gasteiger partial charge is 0.481 e. The fourth-order valence-electron chi connectivity index (χ4n) is 3.36. The highest BCUT2D eigenvalue weighted by Crippen LogP contribution is 2.19. The van der Waals surface area contributed by atoms with Gasteiger partial charge in [-0.15, -0.1) is 0 Å². The molecule has 0 bridgehead atoms. The number of nitrogens with zero attached hydrogens (tertiary/aromatic N) is 2. The number of aromatic amines is 2. The third-order valence-electron chi connectivity index (χ3n) is 5.05. The summed E-state index contributed by atoms with van der Waals surface area (Å²) >= 11 is 0. The van der Waals surface area contributed by atoms with Gasteiger partial charge < -0.3 is 31.1 Å². The van der Waals surface area contributed by atoms with Gasteiger partial charge in [-0.1, -0.05) is 0 Å². The lowest BCUT2D eigenvalue weighted by molar-refractivity contribution is -0.140. The number of hydrogen-bond acceptors (Lipinski definition) is 7. The molecule has 0 aliphatic heterocycles. The van der Waals surface area contributed by atoms with Crippen molar-refractivity contribution in [3.05, 3.63) is 51.9 Å². The molecule has 0 fully saturated rings. The lowest BCUT2D eigenvalue weighted by Crippen LogP contribution is -2.41. The summed E-state index contributed by atoms with van der Waals surface area (Å²) in [6, 6.07) is 7.00. The van der Waals surface area contributed by atoms with Crippen LogP contribution < -0.4 is 21.5 Å². The molecule has 0 aliphatic carbocycles. The highest BCUT2D eigenvalue weighted by atomic mass is 16.4. The van der Waals surface area contributed by atoms with Crippen LogP contribution in [-0.2, 0) is 16.1 Å². The molecule has 12 nitrogen and oxygen atoms in total. The monoisotopic (exact) mass is 456 g/mol. The second-order valence-corrected chi connectivity index (χ2v) is 7.36. The minimum Gasteiger partial charge on any atom is -0.481 e. The van der Waals surface area contributed by atoms with E-state index in [2.05, 4.69) is 20.3 Å². The summed E-state index contributed by atoms with van der Waals surface area (Å²) in [6.45, 7) is 3.02. The number of aromatic nitrogens is 3. The molecule has 33 heavy (non-hydrogen) atoms. The van der Waals surface area contributed by atoms with E-state index in [0.29, 0.717) is 24.1 Å². The number of hydrogen-bond donors (Lipinski definition) is 6. The normalized spacial score (nSPS) is 11.8. The average molecular weight is 456 g/mol. The number of benzene rings is 1. The number of aliphatic carboxylic acids is 2. The van der Waals surface area contributed by atoms with Crippen molar-refractivity contribution in [3.8, 4) is 0 Å². The van der Waals surface area contributed by atoms with Crippen LogP contribution in [0.1, 0.15) is 35.8 Å². The maximum absolute atomic E-state index is 12.4. The summed E-state index contributed by atoms with van der Waals surface area (Å²) in [5, 5.41) is 20.3. The van der Waals surface area contributed by atoms with Gasteiger partial charge in [0.05, 0.1) is 12.1 Å². The van der Waals surface area contributed by atoms with Crippen molar-refractivity contribution in [1.82, 2.24) is 20.3 Å². The molecule has 3 aromatic rings. The number of nitrogens with one attached hydrogen (secondary N) is 3. The first-order valence-corrected chi connectivity index (χ1v) is 10.2. The number of carbonyl (C=O) groups excluding carboxylic acids is 1. The van der Waals surface area contributed by atoms with Gasteiger partial charge in [-0.2, -0.15) is 0 Å². The van der Waals surface area contributed by atoms with Gasteiger partial charge in [0.1, 0.15) is 11.6 Å². The molecule has 2 aromatic heterocycles.